The minimum atomic E-state index is -0.845. The van der Waals surface area contributed by atoms with Gasteiger partial charge in [-0.3, -0.25) is 4.79 Å². The van der Waals surface area contributed by atoms with E-state index in [0.29, 0.717) is 18.9 Å². The quantitative estimate of drug-likeness (QED) is 0.177. The van der Waals surface area contributed by atoms with Crippen molar-refractivity contribution in [1.29, 1.82) is 0 Å². The molecule has 1 rings (SSSR count). The van der Waals surface area contributed by atoms with E-state index in [1.807, 2.05) is 0 Å². The molecular formula is C28H48N2O4. The molecule has 0 aliphatic rings. The number of hydrogen-bond donors (Lipinski definition) is 2. The highest BCUT2D eigenvalue weighted by Crippen LogP contribution is 2.17. The Morgan fingerprint density at radius 1 is 0.941 bits per heavy atom. The topological polar surface area (TPSA) is 90.7 Å². The summed E-state index contributed by atoms with van der Waals surface area (Å²) in [5, 5.41) is 3.52. The molecule has 6 heteroatoms. The zero-order chi connectivity index (χ0) is 25.0. The summed E-state index contributed by atoms with van der Waals surface area (Å²) in [4.78, 5) is 22.9. The fourth-order valence-corrected chi connectivity index (χ4v) is 4.04. The minimum absolute atomic E-state index is 0.0351. The first kappa shape index (κ1) is 30.0. The maximum atomic E-state index is 11.7. The summed E-state index contributed by atoms with van der Waals surface area (Å²) in [7, 11) is 0. The molecule has 0 heterocycles. The van der Waals surface area contributed by atoms with Crippen LogP contribution < -0.4 is 11.1 Å². The van der Waals surface area contributed by atoms with Crippen LogP contribution >= 0.6 is 0 Å². The summed E-state index contributed by atoms with van der Waals surface area (Å²) in [5.41, 5.74) is 6.55. The highest BCUT2D eigenvalue weighted by molar-refractivity contribution is 5.71. The maximum absolute atomic E-state index is 11.7. The van der Waals surface area contributed by atoms with Gasteiger partial charge in [0.2, 0.25) is 0 Å². The summed E-state index contributed by atoms with van der Waals surface area (Å²) in [6.07, 6.45) is 12.0. The van der Waals surface area contributed by atoms with Crippen LogP contribution in [0.25, 0.3) is 0 Å². The molecule has 0 saturated carbocycles. The predicted molar refractivity (Wildman–Crippen MR) is 139 cm³/mol. The Labute approximate surface area is 207 Å². The SMILES string of the molecule is CCCCCCCCCCC(CNCCC(COC(=O)C(C)C)OC(N)=O)Cc1ccccc1. The third kappa shape index (κ3) is 15.7. The average Bonchev–Trinajstić information content (AvgIpc) is 2.81. The third-order valence-electron chi connectivity index (χ3n) is 6.07. The number of esters is 1. The number of carbonyl (C=O) groups is 2. The summed E-state index contributed by atoms with van der Waals surface area (Å²) >= 11 is 0. The minimum Gasteiger partial charge on any atom is -0.462 e. The lowest BCUT2D eigenvalue weighted by Crippen LogP contribution is -2.33. The fraction of sp³-hybridized carbons (Fsp3) is 0.714. The van der Waals surface area contributed by atoms with E-state index in [9.17, 15) is 9.59 Å². The van der Waals surface area contributed by atoms with Crippen LogP contribution in [0.4, 0.5) is 4.79 Å². The lowest BCUT2D eigenvalue weighted by molar-refractivity contribution is -0.150. The lowest BCUT2D eigenvalue weighted by Gasteiger charge is -2.20. The molecule has 0 bridgehead atoms. The zero-order valence-corrected chi connectivity index (χ0v) is 21.7. The normalized spacial score (nSPS) is 12.9. The van der Waals surface area contributed by atoms with Gasteiger partial charge < -0.3 is 20.5 Å². The highest BCUT2D eigenvalue weighted by atomic mass is 16.6. The van der Waals surface area contributed by atoms with Crippen molar-refractivity contribution in [3.63, 3.8) is 0 Å². The van der Waals surface area contributed by atoms with Gasteiger partial charge in [-0.05, 0) is 37.4 Å². The molecule has 0 aliphatic carbocycles. The number of nitrogens with one attached hydrogen (secondary N) is 1. The number of amides is 1. The Morgan fingerprint density at radius 2 is 1.59 bits per heavy atom. The number of hydrogen-bond acceptors (Lipinski definition) is 5. The molecule has 0 radical (unpaired) electrons. The fourth-order valence-electron chi connectivity index (χ4n) is 4.04. The Balaban J connectivity index is 2.42. The number of unbranched alkanes of at least 4 members (excludes halogenated alkanes) is 7. The van der Waals surface area contributed by atoms with Crippen molar-refractivity contribution < 1.29 is 19.1 Å². The zero-order valence-electron chi connectivity index (χ0n) is 21.7. The van der Waals surface area contributed by atoms with Gasteiger partial charge in [0, 0.05) is 6.42 Å². The molecule has 0 fully saturated rings. The van der Waals surface area contributed by atoms with Crippen molar-refractivity contribution in [2.75, 3.05) is 19.7 Å². The number of primary amides is 1. The van der Waals surface area contributed by atoms with Crippen molar-refractivity contribution in [3.8, 4) is 0 Å². The smallest absolute Gasteiger partial charge is 0.404 e. The number of ether oxygens (including phenoxy) is 2. The highest BCUT2D eigenvalue weighted by Gasteiger charge is 2.17. The number of rotatable bonds is 20. The Morgan fingerprint density at radius 3 is 2.21 bits per heavy atom. The Hall–Kier alpha value is -2.08. The van der Waals surface area contributed by atoms with Crippen LogP contribution in [0.2, 0.25) is 0 Å². The van der Waals surface area contributed by atoms with Crippen LogP contribution in [0.15, 0.2) is 30.3 Å². The van der Waals surface area contributed by atoms with Crippen molar-refractivity contribution in [3.05, 3.63) is 35.9 Å². The van der Waals surface area contributed by atoms with Gasteiger partial charge in [-0.2, -0.15) is 0 Å². The summed E-state index contributed by atoms with van der Waals surface area (Å²) < 4.78 is 10.4. The maximum Gasteiger partial charge on any atom is 0.404 e. The van der Waals surface area contributed by atoms with Gasteiger partial charge in [-0.15, -0.1) is 0 Å². The molecule has 1 amide bonds. The van der Waals surface area contributed by atoms with E-state index in [2.05, 4.69) is 42.6 Å². The third-order valence-corrected chi connectivity index (χ3v) is 6.07. The van der Waals surface area contributed by atoms with Gasteiger partial charge in [0.15, 0.2) is 0 Å². The van der Waals surface area contributed by atoms with Gasteiger partial charge in [-0.25, -0.2) is 4.79 Å². The Kier molecular flexibility index (Phi) is 17.0. The largest absolute Gasteiger partial charge is 0.462 e. The Bertz CT molecular complexity index is 651. The second-order valence-electron chi connectivity index (χ2n) is 9.66. The molecule has 194 valence electrons. The lowest BCUT2D eigenvalue weighted by atomic mass is 9.93. The van der Waals surface area contributed by atoms with E-state index in [1.54, 1.807) is 13.8 Å². The number of nitrogens with two attached hydrogens (primary N) is 1. The van der Waals surface area contributed by atoms with Gasteiger partial charge in [0.05, 0.1) is 5.92 Å². The van der Waals surface area contributed by atoms with E-state index < -0.39 is 12.2 Å². The first-order chi connectivity index (χ1) is 16.4. The number of carbonyl (C=O) groups excluding carboxylic acids is 2. The van der Waals surface area contributed by atoms with Crippen molar-refractivity contribution >= 4 is 12.1 Å². The van der Waals surface area contributed by atoms with Gasteiger partial charge >= 0.3 is 12.1 Å². The summed E-state index contributed by atoms with van der Waals surface area (Å²) in [6, 6.07) is 10.6. The van der Waals surface area contributed by atoms with Gasteiger partial charge in [0.25, 0.3) is 0 Å². The van der Waals surface area contributed by atoms with E-state index in [4.69, 9.17) is 15.2 Å². The molecule has 0 saturated heterocycles. The monoisotopic (exact) mass is 476 g/mol. The van der Waals surface area contributed by atoms with Crippen LogP contribution in [-0.4, -0.2) is 37.9 Å². The van der Waals surface area contributed by atoms with Gasteiger partial charge in [0.1, 0.15) is 12.7 Å². The first-order valence-corrected chi connectivity index (χ1v) is 13.3. The van der Waals surface area contributed by atoms with Crippen LogP contribution in [0.5, 0.6) is 0 Å². The first-order valence-electron chi connectivity index (χ1n) is 13.3. The van der Waals surface area contributed by atoms with Crippen molar-refractivity contribution in [1.82, 2.24) is 5.32 Å². The molecule has 0 aromatic heterocycles. The average molecular weight is 477 g/mol. The molecule has 34 heavy (non-hydrogen) atoms. The van der Waals surface area contributed by atoms with E-state index >= 15 is 0 Å². The second kappa shape index (κ2) is 19.2. The van der Waals surface area contributed by atoms with Crippen LogP contribution in [0.1, 0.15) is 90.5 Å². The number of benzene rings is 1. The molecule has 0 spiro atoms. The van der Waals surface area contributed by atoms with Crippen LogP contribution in [0, 0.1) is 11.8 Å². The second-order valence-corrected chi connectivity index (χ2v) is 9.66. The van der Waals surface area contributed by atoms with E-state index in [0.717, 1.165) is 13.0 Å². The summed E-state index contributed by atoms with van der Waals surface area (Å²) in [6.45, 7) is 7.40. The van der Waals surface area contributed by atoms with E-state index in [-0.39, 0.29) is 18.5 Å². The predicted octanol–water partition coefficient (Wildman–Crippen LogP) is 6.02. The standard InChI is InChI=1S/C28H48N2O4/c1-4-5-6-7-8-9-10-12-17-25(20-24-15-13-11-14-16-24)21-30-19-18-26(34-28(29)32)22-33-27(31)23(2)3/h11,13-16,23,25-26,30H,4-10,12,17-22H2,1-3H3,(H2,29,32). The van der Waals surface area contributed by atoms with Crippen LogP contribution in [-0.2, 0) is 20.7 Å². The van der Waals surface area contributed by atoms with Crippen molar-refractivity contribution in [2.24, 2.45) is 17.6 Å². The molecule has 0 aliphatic heterocycles. The molecule has 1 aromatic rings. The van der Waals surface area contributed by atoms with Crippen LogP contribution in [0.3, 0.4) is 0 Å². The molecule has 2 atom stereocenters. The molecule has 3 N–H and O–H groups in total. The molecular weight excluding hydrogens is 428 g/mol. The molecule has 6 nitrogen and oxygen atoms in total. The molecule has 1 aromatic carbocycles. The van der Waals surface area contributed by atoms with Gasteiger partial charge in [-0.1, -0.05) is 102 Å². The van der Waals surface area contributed by atoms with E-state index in [1.165, 1.54) is 63.4 Å². The van der Waals surface area contributed by atoms with Crippen molar-refractivity contribution in [2.45, 2.75) is 97.5 Å². The molecule has 2 unspecified atom stereocenters. The summed E-state index contributed by atoms with van der Waals surface area (Å²) in [5.74, 6) is 0.0264.